The number of nitrogens with one attached hydrogen (secondary N) is 1. The molecule has 0 fully saturated rings. The molecule has 1 unspecified atom stereocenters. The summed E-state index contributed by atoms with van der Waals surface area (Å²) in [5.41, 5.74) is 4.89. The number of benzene rings is 3. The van der Waals surface area contributed by atoms with Gasteiger partial charge < -0.3 is 5.32 Å². The van der Waals surface area contributed by atoms with E-state index in [0.29, 0.717) is 5.95 Å². The Bertz CT molecular complexity index is 1390. The molecule has 0 saturated carbocycles. The zero-order chi connectivity index (χ0) is 24.5. The number of carbonyl (C=O) groups is 1. The highest BCUT2D eigenvalue weighted by Gasteiger charge is 2.32. The molecule has 1 aliphatic heterocycles. The number of rotatable bonds is 5. The van der Waals surface area contributed by atoms with E-state index in [1.807, 2.05) is 68.5 Å². The van der Waals surface area contributed by atoms with Crippen molar-refractivity contribution < 1.29 is 13.6 Å². The lowest BCUT2D eigenvalue weighted by Crippen LogP contribution is -2.37. The van der Waals surface area contributed by atoms with Gasteiger partial charge >= 0.3 is 0 Å². The molecule has 1 aromatic heterocycles. The second-order valence-electron chi connectivity index (χ2n) is 8.49. The van der Waals surface area contributed by atoms with Gasteiger partial charge in [0.25, 0.3) is 5.95 Å². The fraction of sp³-hybridized carbons (Fsp3) is 0.154. The molecule has 1 atom stereocenters. The van der Waals surface area contributed by atoms with Crippen molar-refractivity contribution >= 4 is 23.2 Å². The Labute approximate surface area is 200 Å². The fourth-order valence-corrected chi connectivity index (χ4v) is 4.07. The minimum Gasteiger partial charge on any atom is -0.324 e. The number of halogens is 2. The maximum Gasteiger partial charge on any atom is 0.251 e. The summed E-state index contributed by atoms with van der Waals surface area (Å²) in [5, 5.41) is 14.8. The number of hydrogen-bond acceptors (Lipinski definition) is 5. The summed E-state index contributed by atoms with van der Waals surface area (Å²) in [6.07, 6.45) is 2.01. The van der Waals surface area contributed by atoms with Crippen LogP contribution >= 0.6 is 0 Å². The van der Waals surface area contributed by atoms with E-state index in [2.05, 4.69) is 20.8 Å². The molecule has 176 valence electrons. The average Bonchev–Trinajstić information content (AvgIpc) is 3.30. The van der Waals surface area contributed by atoms with Crippen LogP contribution in [0.5, 0.6) is 0 Å². The second kappa shape index (κ2) is 9.09. The summed E-state index contributed by atoms with van der Waals surface area (Å²) in [4.78, 5) is 14.6. The number of carbonyl (C=O) groups excluding carboxylic acids is 1. The first-order valence-corrected chi connectivity index (χ1v) is 11.0. The van der Waals surface area contributed by atoms with E-state index in [1.165, 1.54) is 0 Å². The molecular formula is C26H22F2N6O. The van der Waals surface area contributed by atoms with Crippen molar-refractivity contribution in [2.24, 2.45) is 0 Å². The van der Waals surface area contributed by atoms with Gasteiger partial charge in [-0.3, -0.25) is 9.69 Å². The van der Waals surface area contributed by atoms with Crippen molar-refractivity contribution in [3.8, 4) is 0 Å². The van der Waals surface area contributed by atoms with Gasteiger partial charge in [-0.2, -0.15) is 4.68 Å². The standard InChI is InChI=1S/C26H22F2N6O/c1-16-3-7-18(8-4-16)23-14-24(19-9-5-17(2)6-10-19)34-26(30-31-32-34)33(23)15-25(35)29-22-12-20(27)11-21(28)13-22/h3-14,24H,15H2,1-2H3,(H,29,35). The fourth-order valence-electron chi connectivity index (χ4n) is 4.07. The van der Waals surface area contributed by atoms with E-state index in [0.717, 1.165) is 46.1 Å². The topological polar surface area (TPSA) is 75.9 Å². The van der Waals surface area contributed by atoms with Crippen LogP contribution in [0.3, 0.4) is 0 Å². The van der Waals surface area contributed by atoms with Crippen LogP contribution in [0.2, 0.25) is 0 Å². The van der Waals surface area contributed by atoms with Crippen molar-refractivity contribution in [1.29, 1.82) is 0 Å². The van der Waals surface area contributed by atoms with Crippen molar-refractivity contribution in [2.45, 2.75) is 19.9 Å². The lowest BCUT2D eigenvalue weighted by atomic mass is 9.99. The molecule has 5 rings (SSSR count). The van der Waals surface area contributed by atoms with Gasteiger partial charge in [0.1, 0.15) is 24.2 Å². The lowest BCUT2D eigenvalue weighted by molar-refractivity contribution is -0.114. The van der Waals surface area contributed by atoms with E-state index >= 15 is 0 Å². The molecule has 0 aliphatic carbocycles. The summed E-state index contributed by atoms with van der Waals surface area (Å²) >= 11 is 0. The van der Waals surface area contributed by atoms with Crippen LogP contribution in [0.4, 0.5) is 20.4 Å². The average molecular weight is 472 g/mol. The smallest absolute Gasteiger partial charge is 0.251 e. The van der Waals surface area contributed by atoms with Crippen molar-refractivity contribution in [1.82, 2.24) is 20.2 Å². The quantitative estimate of drug-likeness (QED) is 0.457. The van der Waals surface area contributed by atoms with E-state index in [9.17, 15) is 13.6 Å². The largest absolute Gasteiger partial charge is 0.324 e. The summed E-state index contributed by atoms with van der Waals surface area (Å²) in [7, 11) is 0. The summed E-state index contributed by atoms with van der Waals surface area (Å²) < 4.78 is 28.8. The molecule has 0 radical (unpaired) electrons. The molecule has 7 nitrogen and oxygen atoms in total. The summed E-state index contributed by atoms with van der Waals surface area (Å²) in [6.45, 7) is 3.85. The molecule has 9 heteroatoms. The first-order chi connectivity index (χ1) is 16.9. The van der Waals surface area contributed by atoms with Crippen LogP contribution in [0.1, 0.15) is 28.3 Å². The predicted octanol–water partition coefficient (Wildman–Crippen LogP) is 4.66. The third-order valence-corrected chi connectivity index (χ3v) is 5.80. The van der Waals surface area contributed by atoms with Gasteiger partial charge in [0.2, 0.25) is 5.91 Å². The van der Waals surface area contributed by atoms with Crippen LogP contribution in [0.25, 0.3) is 5.70 Å². The molecule has 0 bridgehead atoms. The minimum absolute atomic E-state index is 0.0301. The molecule has 1 N–H and O–H groups in total. The highest BCUT2D eigenvalue weighted by Crippen LogP contribution is 2.36. The van der Waals surface area contributed by atoms with Gasteiger partial charge in [0.05, 0.1) is 5.70 Å². The molecular weight excluding hydrogens is 450 g/mol. The normalized spacial score (nSPS) is 14.9. The Kier molecular flexibility index (Phi) is 5.82. The number of tetrazole rings is 1. The van der Waals surface area contributed by atoms with Crippen LogP contribution in [0.15, 0.2) is 72.8 Å². The molecule has 4 aromatic rings. The van der Waals surface area contributed by atoms with E-state index in [-0.39, 0.29) is 18.3 Å². The molecule has 1 amide bonds. The zero-order valence-corrected chi connectivity index (χ0v) is 19.1. The van der Waals surface area contributed by atoms with Gasteiger partial charge in [0, 0.05) is 11.8 Å². The van der Waals surface area contributed by atoms with Gasteiger partial charge in [-0.1, -0.05) is 64.8 Å². The van der Waals surface area contributed by atoms with Gasteiger partial charge in [-0.05, 0) is 53.6 Å². The third kappa shape index (κ3) is 4.65. The Hall–Kier alpha value is -4.40. The van der Waals surface area contributed by atoms with Crippen molar-refractivity contribution in [3.63, 3.8) is 0 Å². The molecule has 35 heavy (non-hydrogen) atoms. The molecule has 0 spiro atoms. The lowest BCUT2D eigenvalue weighted by Gasteiger charge is -2.32. The number of aryl methyl sites for hydroxylation is 2. The summed E-state index contributed by atoms with van der Waals surface area (Å²) in [5.74, 6) is -1.64. The number of nitrogens with zero attached hydrogens (tertiary/aromatic N) is 5. The Morgan fingerprint density at radius 2 is 1.57 bits per heavy atom. The number of allylic oxidation sites excluding steroid dienone is 1. The van der Waals surface area contributed by atoms with Gasteiger partial charge in [0.15, 0.2) is 0 Å². The molecule has 2 heterocycles. The van der Waals surface area contributed by atoms with E-state index in [1.54, 1.807) is 9.58 Å². The first kappa shape index (κ1) is 22.4. The highest BCUT2D eigenvalue weighted by molar-refractivity contribution is 5.97. The number of fused-ring (bicyclic) bond motifs is 1. The molecule has 1 aliphatic rings. The minimum atomic E-state index is -0.775. The van der Waals surface area contributed by atoms with Crippen molar-refractivity contribution in [3.05, 3.63) is 107 Å². The monoisotopic (exact) mass is 472 g/mol. The van der Waals surface area contributed by atoms with E-state index < -0.39 is 17.5 Å². The Morgan fingerprint density at radius 1 is 0.943 bits per heavy atom. The predicted molar refractivity (Wildman–Crippen MR) is 129 cm³/mol. The molecule has 3 aromatic carbocycles. The second-order valence-corrected chi connectivity index (χ2v) is 8.49. The van der Waals surface area contributed by atoms with Crippen LogP contribution in [-0.2, 0) is 4.79 Å². The van der Waals surface area contributed by atoms with Gasteiger partial charge in [-0.25, -0.2) is 8.78 Å². The van der Waals surface area contributed by atoms with Gasteiger partial charge in [-0.15, -0.1) is 0 Å². The first-order valence-electron chi connectivity index (χ1n) is 11.0. The Balaban J connectivity index is 1.53. The maximum atomic E-state index is 13.6. The summed E-state index contributed by atoms with van der Waals surface area (Å²) in [6, 6.07) is 18.6. The molecule has 0 saturated heterocycles. The zero-order valence-electron chi connectivity index (χ0n) is 19.1. The maximum absolute atomic E-state index is 13.6. The number of amides is 1. The third-order valence-electron chi connectivity index (χ3n) is 5.80. The van der Waals surface area contributed by atoms with Crippen LogP contribution < -0.4 is 10.2 Å². The number of aromatic nitrogens is 4. The van der Waals surface area contributed by atoms with E-state index in [4.69, 9.17) is 0 Å². The SMILES string of the molecule is Cc1ccc(C2=CC(c3ccc(C)cc3)n3nnnc3N2CC(=O)Nc2cc(F)cc(F)c2)cc1. The Morgan fingerprint density at radius 3 is 2.23 bits per heavy atom. The van der Waals surface area contributed by atoms with Crippen molar-refractivity contribution in [2.75, 3.05) is 16.8 Å². The van der Waals surface area contributed by atoms with Crippen LogP contribution in [-0.4, -0.2) is 32.7 Å². The number of anilines is 2. The number of hydrogen-bond donors (Lipinski definition) is 1. The van der Waals surface area contributed by atoms with Crippen LogP contribution in [0, 0.1) is 25.5 Å². The highest BCUT2D eigenvalue weighted by atomic mass is 19.1.